The number of methoxy groups -OCH3 is 1. The van der Waals surface area contributed by atoms with Gasteiger partial charge in [0.15, 0.2) is 0 Å². The predicted molar refractivity (Wildman–Crippen MR) is 118 cm³/mol. The number of benzene rings is 2. The molecule has 1 unspecified atom stereocenters. The summed E-state index contributed by atoms with van der Waals surface area (Å²) >= 11 is 0. The first-order valence-corrected chi connectivity index (χ1v) is 10.4. The third kappa shape index (κ3) is 4.39. The van der Waals surface area contributed by atoms with E-state index in [-0.39, 0.29) is 18.5 Å². The van der Waals surface area contributed by atoms with E-state index in [4.69, 9.17) is 4.74 Å². The van der Waals surface area contributed by atoms with Crippen LogP contribution in [0, 0.1) is 0 Å². The summed E-state index contributed by atoms with van der Waals surface area (Å²) in [6.45, 7) is 2.04. The summed E-state index contributed by atoms with van der Waals surface area (Å²) in [6, 6.07) is 14.4. The Morgan fingerprint density at radius 2 is 1.74 bits per heavy atom. The maximum absolute atomic E-state index is 12.7. The van der Waals surface area contributed by atoms with Crippen LogP contribution in [0.2, 0.25) is 0 Å². The van der Waals surface area contributed by atoms with Crippen molar-refractivity contribution in [2.75, 3.05) is 26.7 Å². The normalized spacial score (nSPS) is 15.1. The van der Waals surface area contributed by atoms with Crippen molar-refractivity contribution in [1.29, 1.82) is 0 Å². The van der Waals surface area contributed by atoms with Crippen molar-refractivity contribution in [3.8, 4) is 5.75 Å². The molecule has 1 fully saturated rings. The van der Waals surface area contributed by atoms with Crippen molar-refractivity contribution >= 4 is 16.7 Å². The largest absolute Gasteiger partial charge is 0.496 e. The number of aromatic nitrogens is 2. The van der Waals surface area contributed by atoms with Gasteiger partial charge in [-0.15, -0.1) is 0 Å². The number of H-pyrrole nitrogens is 1. The highest BCUT2D eigenvalue weighted by Gasteiger charge is 2.26. The highest BCUT2D eigenvalue weighted by Crippen LogP contribution is 2.31. The minimum absolute atomic E-state index is 0.0324. The number of carbonyl (C=O) groups excluding carboxylic acids is 1. The van der Waals surface area contributed by atoms with Gasteiger partial charge in [-0.05, 0) is 44.1 Å². The summed E-state index contributed by atoms with van der Waals surface area (Å²) in [4.78, 5) is 39.9. The molecule has 162 valence electrons. The van der Waals surface area contributed by atoms with Crippen LogP contribution < -0.4 is 21.2 Å². The van der Waals surface area contributed by atoms with Gasteiger partial charge in [0.25, 0.3) is 11.1 Å². The zero-order chi connectivity index (χ0) is 21.8. The van der Waals surface area contributed by atoms with Gasteiger partial charge in [-0.1, -0.05) is 30.3 Å². The van der Waals surface area contributed by atoms with Crippen molar-refractivity contribution in [1.82, 2.24) is 20.0 Å². The molecule has 1 aliphatic rings. The lowest BCUT2D eigenvalue weighted by Gasteiger charge is -2.29. The summed E-state index contributed by atoms with van der Waals surface area (Å²) in [6.07, 6.45) is 2.24. The van der Waals surface area contributed by atoms with Gasteiger partial charge in [0.1, 0.15) is 12.3 Å². The van der Waals surface area contributed by atoms with E-state index in [1.807, 2.05) is 24.3 Å². The molecule has 0 radical (unpaired) electrons. The Kier molecular flexibility index (Phi) is 6.18. The Morgan fingerprint density at radius 1 is 1.06 bits per heavy atom. The summed E-state index contributed by atoms with van der Waals surface area (Å²) in [5.74, 6) is 0.441. The van der Waals surface area contributed by atoms with Gasteiger partial charge in [-0.3, -0.25) is 24.4 Å². The molecule has 2 N–H and O–H groups in total. The van der Waals surface area contributed by atoms with Gasteiger partial charge in [-0.2, -0.15) is 0 Å². The fraction of sp³-hybridized carbons (Fsp3) is 0.348. The summed E-state index contributed by atoms with van der Waals surface area (Å²) in [5, 5.41) is 6.04. The zero-order valence-corrected chi connectivity index (χ0v) is 17.5. The fourth-order valence-corrected chi connectivity index (χ4v) is 4.20. The monoisotopic (exact) mass is 422 g/mol. The van der Waals surface area contributed by atoms with Crippen LogP contribution in [0.3, 0.4) is 0 Å². The standard InChI is InChI=1S/C23H26N4O4/c1-31-20-11-5-4-10-18(20)19(26-12-6-7-13-26)14-24-21(28)15-27-23(30)17-9-3-2-8-16(17)22(29)25-27/h2-5,8-11,19H,6-7,12-15H2,1H3,(H,24,28)(H,25,29). The van der Waals surface area contributed by atoms with E-state index >= 15 is 0 Å². The number of hydrogen-bond donors (Lipinski definition) is 2. The van der Waals surface area contributed by atoms with Gasteiger partial charge in [-0.25, -0.2) is 4.68 Å². The topological polar surface area (TPSA) is 96.4 Å². The van der Waals surface area contributed by atoms with Gasteiger partial charge in [0.2, 0.25) is 5.91 Å². The predicted octanol–water partition coefficient (Wildman–Crippen LogP) is 1.65. The molecule has 1 aliphatic heterocycles. The number of nitrogens with zero attached hydrogens (tertiary/aromatic N) is 2. The molecule has 1 aromatic heterocycles. The molecule has 3 aromatic rings. The van der Waals surface area contributed by atoms with E-state index in [0.29, 0.717) is 17.3 Å². The molecule has 31 heavy (non-hydrogen) atoms. The fourth-order valence-electron chi connectivity index (χ4n) is 4.20. The Bertz CT molecular complexity index is 1190. The second-order valence-corrected chi connectivity index (χ2v) is 7.68. The molecule has 0 aliphatic carbocycles. The maximum atomic E-state index is 12.7. The van der Waals surface area contributed by atoms with Crippen molar-refractivity contribution < 1.29 is 9.53 Å². The quantitative estimate of drug-likeness (QED) is 0.604. The number of carbonyl (C=O) groups is 1. The molecular weight excluding hydrogens is 396 g/mol. The van der Waals surface area contributed by atoms with Crippen molar-refractivity contribution in [2.45, 2.75) is 25.4 Å². The Morgan fingerprint density at radius 3 is 2.48 bits per heavy atom. The minimum atomic E-state index is -0.397. The highest BCUT2D eigenvalue weighted by molar-refractivity contribution is 5.81. The first-order chi connectivity index (χ1) is 15.1. The summed E-state index contributed by atoms with van der Waals surface area (Å²) in [7, 11) is 1.64. The highest BCUT2D eigenvalue weighted by atomic mass is 16.5. The van der Waals surface area contributed by atoms with E-state index in [2.05, 4.69) is 15.3 Å². The number of nitrogens with one attached hydrogen (secondary N) is 2. The molecule has 2 aromatic carbocycles. The van der Waals surface area contributed by atoms with E-state index in [0.717, 1.165) is 41.9 Å². The second kappa shape index (κ2) is 9.18. The molecule has 8 heteroatoms. The third-order valence-corrected chi connectivity index (χ3v) is 5.76. The molecule has 1 atom stereocenters. The molecular formula is C23H26N4O4. The molecule has 0 spiro atoms. The number of hydrogen-bond acceptors (Lipinski definition) is 5. The summed E-state index contributed by atoms with van der Waals surface area (Å²) < 4.78 is 6.60. The lowest BCUT2D eigenvalue weighted by atomic mass is 10.0. The molecule has 2 heterocycles. The van der Waals surface area contributed by atoms with Gasteiger partial charge in [0.05, 0.1) is 23.9 Å². The molecule has 0 bridgehead atoms. The van der Waals surface area contributed by atoms with E-state index < -0.39 is 11.1 Å². The molecule has 8 nitrogen and oxygen atoms in total. The first-order valence-electron chi connectivity index (χ1n) is 10.4. The molecule has 0 saturated carbocycles. The third-order valence-electron chi connectivity index (χ3n) is 5.76. The van der Waals surface area contributed by atoms with Crippen molar-refractivity contribution in [3.63, 3.8) is 0 Å². The van der Waals surface area contributed by atoms with Crippen LogP contribution in [0.1, 0.15) is 24.4 Å². The average Bonchev–Trinajstić information content (AvgIpc) is 3.32. The van der Waals surface area contributed by atoms with Crippen LogP contribution in [-0.4, -0.2) is 47.3 Å². The number of para-hydroxylation sites is 1. The lowest BCUT2D eigenvalue weighted by molar-refractivity contribution is -0.122. The Balaban J connectivity index is 1.52. The van der Waals surface area contributed by atoms with Crippen LogP contribution in [0.4, 0.5) is 0 Å². The number of amides is 1. The second-order valence-electron chi connectivity index (χ2n) is 7.68. The lowest BCUT2D eigenvalue weighted by Crippen LogP contribution is -2.40. The zero-order valence-electron chi connectivity index (χ0n) is 17.5. The number of ether oxygens (including phenoxy) is 1. The van der Waals surface area contributed by atoms with Crippen molar-refractivity contribution in [3.05, 3.63) is 74.8 Å². The van der Waals surface area contributed by atoms with Crippen LogP contribution in [0.25, 0.3) is 10.8 Å². The number of likely N-dealkylation sites (tertiary alicyclic amines) is 1. The van der Waals surface area contributed by atoms with Crippen LogP contribution in [0.15, 0.2) is 58.1 Å². The van der Waals surface area contributed by atoms with Crippen LogP contribution in [0.5, 0.6) is 5.75 Å². The van der Waals surface area contributed by atoms with Crippen LogP contribution in [-0.2, 0) is 11.3 Å². The van der Waals surface area contributed by atoms with E-state index in [1.54, 1.807) is 31.4 Å². The maximum Gasteiger partial charge on any atom is 0.273 e. The van der Waals surface area contributed by atoms with Gasteiger partial charge < -0.3 is 10.1 Å². The van der Waals surface area contributed by atoms with Crippen LogP contribution >= 0.6 is 0 Å². The molecule has 4 rings (SSSR count). The summed E-state index contributed by atoms with van der Waals surface area (Å²) in [5.41, 5.74) is 0.224. The number of aromatic amines is 1. The van der Waals surface area contributed by atoms with Gasteiger partial charge in [0, 0.05) is 12.1 Å². The molecule has 1 saturated heterocycles. The smallest absolute Gasteiger partial charge is 0.273 e. The Labute approximate surface area is 179 Å². The Hall–Kier alpha value is -3.39. The van der Waals surface area contributed by atoms with E-state index in [1.165, 1.54) is 0 Å². The number of rotatable bonds is 7. The average molecular weight is 422 g/mol. The minimum Gasteiger partial charge on any atom is -0.496 e. The van der Waals surface area contributed by atoms with E-state index in [9.17, 15) is 14.4 Å². The SMILES string of the molecule is COc1ccccc1C(CNC(=O)Cn1[nH]c(=O)c2ccccc2c1=O)N1CCCC1. The van der Waals surface area contributed by atoms with Gasteiger partial charge >= 0.3 is 0 Å². The molecule has 1 amide bonds. The first kappa shape index (κ1) is 20.9. The number of fused-ring (bicyclic) bond motifs is 1. The van der Waals surface area contributed by atoms with Crippen molar-refractivity contribution in [2.24, 2.45) is 0 Å².